The highest BCUT2D eigenvalue weighted by Crippen LogP contribution is 2.41. The topological polar surface area (TPSA) is 45.1 Å². The Morgan fingerprint density at radius 2 is 2.24 bits per heavy atom. The lowest BCUT2D eigenvalue weighted by atomic mass is 10.1. The van der Waals surface area contributed by atoms with E-state index in [4.69, 9.17) is 0 Å². The van der Waals surface area contributed by atoms with Crippen molar-refractivity contribution in [1.82, 2.24) is 10.3 Å². The Morgan fingerprint density at radius 3 is 2.94 bits per heavy atom. The molecule has 2 aliphatic carbocycles. The van der Waals surface area contributed by atoms with Gasteiger partial charge in [0.1, 0.15) is 0 Å². The molecule has 0 amide bonds. The number of aliphatic hydroxyl groups excluding tert-OH is 1. The maximum Gasteiger partial charge on any atom is 0.0959 e. The van der Waals surface area contributed by atoms with Crippen molar-refractivity contribution in [2.45, 2.75) is 50.7 Å². The lowest BCUT2D eigenvalue weighted by Crippen LogP contribution is -2.27. The second kappa shape index (κ2) is 5.04. The Kier molecular flexibility index (Phi) is 3.45. The molecule has 2 saturated carbocycles. The predicted molar refractivity (Wildman–Crippen MR) is 69.1 cm³/mol. The van der Waals surface area contributed by atoms with Crippen molar-refractivity contribution in [3.63, 3.8) is 0 Å². The molecule has 0 bridgehead atoms. The molecular weight excluding hydrogens is 232 g/mol. The summed E-state index contributed by atoms with van der Waals surface area (Å²) in [5.74, 6) is 1.22. The number of hydrogen-bond donors (Lipinski definition) is 2. The summed E-state index contributed by atoms with van der Waals surface area (Å²) in [6, 6.07) is 0. The van der Waals surface area contributed by atoms with E-state index in [1.165, 1.54) is 36.4 Å². The van der Waals surface area contributed by atoms with Gasteiger partial charge in [-0.15, -0.1) is 11.3 Å². The van der Waals surface area contributed by atoms with Crippen molar-refractivity contribution >= 4 is 11.3 Å². The van der Waals surface area contributed by atoms with Crippen LogP contribution in [0.2, 0.25) is 0 Å². The minimum Gasteiger partial charge on any atom is -0.393 e. The van der Waals surface area contributed by atoms with Gasteiger partial charge in [0.15, 0.2) is 0 Å². The molecule has 2 fully saturated rings. The van der Waals surface area contributed by atoms with Crippen LogP contribution in [-0.4, -0.2) is 22.7 Å². The lowest BCUT2D eigenvalue weighted by Gasteiger charge is -2.14. The highest BCUT2D eigenvalue weighted by Gasteiger charge is 2.27. The Balaban J connectivity index is 1.43. The summed E-state index contributed by atoms with van der Waals surface area (Å²) in [5, 5.41) is 16.6. The van der Waals surface area contributed by atoms with E-state index < -0.39 is 0 Å². The van der Waals surface area contributed by atoms with Crippen LogP contribution in [0.1, 0.15) is 48.7 Å². The zero-order valence-electron chi connectivity index (χ0n) is 10.1. The summed E-state index contributed by atoms with van der Waals surface area (Å²) in [6.07, 6.45) is 5.90. The largest absolute Gasteiger partial charge is 0.393 e. The van der Waals surface area contributed by atoms with Gasteiger partial charge in [0.05, 0.1) is 16.8 Å². The molecule has 1 aromatic heterocycles. The van der Waals surface area contributed by atoms with Crippen molar-refractivity contribution in [3.05, 3.63) is 16.1 Å². The molecule has 2 N–H and O–H groups in total. The van der Waals surface area contributed by atoms with Crippen molar-refractivity contribution < 1.29 is 5.11 Å². The van der Waals surface area contributed by atoms with Gasteiger partial charge in [-0.1, -0.05) is 6.42 Å². The summed E-state index contributed by atoms with van der Waals surface area (Å²) in [4.78, 5) is 4.65. The van der Waals surface area contributed by atoms with Gasteiger partial charge >= 0.3 is 0 Å². The standard InChI is InChI=1S/C13H20N2OS/c16-12-3-1-2-10(12)6-14-7-11-8-17-13(15-11)9-4-5-9/h8-10,12,14,16H,1-7H2. The third-order valence-corrected chi connectivity index (χ3v) is 4.88. The summed E-state index contributed by atoms with van der Waals surface area (Å²) >= 11 is 1.80. The first-order valence-electron chi connectivity index (χ1n) is 6.66. The van der Waals surface area contributed by atoms with E-state index in [-0.39, 0.29) is 6.10 Å². The molecule has 3 nitrogen and oxygen atoms in total. The van der Waals surface area contributed by atoms with Gasteiger partial charge in [-0.05, 0) is 31.6 Å². The molecule has 1 aromatic rings. The molecule has 17 heavy (non-hydrogen) atoms. The Morgan fingerprint density at radius 1 is 1.35 bits per heavy atom. The lowest BCUT2D eigenvalue weighted by molar-refractivity contribution is 0.131. The van der Waals surface area contributed by atoms with E-state index in [1.54, 1.807) is 11.3 Å². The molecule has 2 aliphatic rings. The zero-order valence-corrected chi connectivity index (χ0v) is 10.9. The van der Waals surface area contributed by atoms with Gasteiger partial charge in [0.25, 0.3) is 0 Å². The molecule has 4 heteroatoms. The number of aromatic nitrogens is 1. The molecule has 3 rings (SSSR count). The summed E-state index contributed by atoms with van der Waals surface area (Å²) in [5.41, 5.74) is 1.17. The number of rotatable bonds is 5. The van der Waals surface area contributed by atoms with Crippen LogP contribution in [-0.2, 0) is 6.54 Å². The quantitative estimate of drug-likeness (QED) is 0.845. The fraction of sp³-hybridized carbons (Fsp3) is 0.769. The van der Waals surface area contributed by atoms with Crippen LogP contribution < -0.4 is 5.32 Å². The first kappa shape index (κ1) is 11.6. The molecule has 0 saturated heterocycles. The van der Waals surface area contributed by atoms with Crippen LogP contribution in [0.3, 0.4) is 0 Å². The second-order valence-corrected chi connectivity index (χ2v) is 6.23. The van der Waals surface area contributed by atoms with E-state index in [1.807, 2.05) is 0 Å². The van der Waals surface area contributed by atoms with Crippen molar-refractivity contribution in [1.29, 1.82) is 0 Å². The third-order valence-electron chi connectivity index (χ3n) is 3.83. The minimum atomic E-state index is -0.0834. The van der Waals surface area contributed by atoms with Gasteiger partial charge in [-0.3, -0.25) is 0 Å². The SMILES string of the molecule is OC1CCCC1CNCc1csc(C2CC2)n1. The number of hydrogen-bond acceptors (Lipinski definition) is 4. The van der Waals surface area contributed by atoms with Gasteiger partial charge in [0.2, 0.25) is 0 Å². The number of nitrogens with one attached hydrogen (secondary N) is 1. The molecule has 94 valence electrons. The second-order valence-electron chi connectivity index (χ2n) is 5.34. The fourth-order valence-corrected chi connectivity index (χ4v) is 3.55. The van der Waals surface area contributed by atoms with Crippen molar-refractivity contribution in [2.24, 2.45) is 5.92 Å². The van der Waals surface area contributed by atoms with Gasteiger partial charge in [-0.25, -0.2) is 4.98 Å². The molecule has 0 spiro atoms. The average molecular weight is 252 g/mol. The normalized spacial score (nSPS) is 28.8. The molecular formula is C13H20N2OS. The maximum absolute atomic E-state index is 9.72. The molecule has 2 unspecified atom stereocenters. The van der Waals surface area contributed by atoms with Crippen LogP contribution in [0.5, 0.6) is 0 Å². The first-order valence-corrected chi connectivity index (χ1v) is 7.54. The molecule has 2 atom stereocenters. The van der Waals surface area contributed by atoms with E-state index in [2.05, 4.69) is 15.7 Å². The Bertz CT molecular complexity index is 375. The zero-order chi connectivity index (χ0) is 11.7. The van der Waals surface area contributed by atoms with Crippen LogP contribution in [0.15, 0.2) is 5.38 Å². The van der Waals surface area contributed by atoms with Crippen molar-refractivity contribution in [2.75, 3.05) is 6.54 Å². The third kappa shape index (κ3) is 2.87. The fourth-order valence-electron chi connectivity index (χ4n) is 2.56. The van der Waals surface area contributed by atoms with Crippen LogP contribution >= 0.6 is 11.3 Å². The van der Waals surface area contributed by atoms with Crippen LogP contribution in [0, 0.1) is 5.92 Å². The number of aliphatic hydroxyl groups is 1. The van der Waals surface area contributed by atoms with Gasteiger partial charge < -0.3 is 10.4 Å². The molecule has 0 radical (unpaired) electrons. The molecule has 1 heterocycles. The highest BCUT2D eigenvalue weighted by atomic mass is 32.1. The van der Waals surface area contributed by atoms with Crippen molar-refractivity contribution in [3.8, 4) is 0 Å². The van der Waals surface area contributed by atoms with Crippen LogP contribution in [0.4, 0.5) is 0 Å². The molecule has 0 aliphatic heterocycles. The van der Waals surface area contributed by atoms with Crippen LogP contribution in [0.25, 0.3) is 0 Å². The summed E-state index contributed by atoms with van der Waals surface area (Å²) in [7, 11) is 0. The Labute approximate surface area is 106 Å². The number of nitrogens with zero attached hydrogens (tertiary/aromatic N) is 1. The van der Waals surface area contributed by atoms with E-state index in [0.717, 1.165) is 25.4 Å². The summed E-state index contributed by atoms with van der Waals surface area (Å²) in [6.45, 7) is 1.78. The predicted octanol–water partition coefficient (Wildman–Crippen LogP) is 2.27. The monoisotopic (exact) mass is 252 g/mol. The number of thiazole rings is 1. The van der Waals surface area contributed by atoms with Gasteiger partial charge in [0, 0.05) is 24.4 Å². The highest BCUT2D eigenvalue weighted by molar-refractivity contribution is 7.09. The minimum absolute atomic E-state index is 0.0834. The smallest absolute Gasteiger partial charge is 0.0959 e. The summed E-state index contributed by atoms with van der Waals surface area (Å²) < 4.78 is 0. The maximum atomic E-state index is 9.72. The van der Waals surface area contributed by atoms with E-state index in [0.29, 0.717) is 5.92 Å². The van der Waals surface area contributed by atoms with E-state index >= 15 is 0 Å². The average Bonchev–Trinajstić information content (AvgIpc) is 2.94. The molecule has 0 aromatic carbocycles. The van der Waals surface area contributed by atoms with Gasteiger partial charge in [-0.2, -0.15) is 0 Å². The Hall–Kier alpha value is -0.450. The van der Waals surface area contributed by atoms with E-state index in [9.17, 15) is 5.11 Å². The first-order chi connectivity index (χ1) is 8.33.